The smallest absolute Gasteiger partial charge is 0 e. The van der Waals surface area contributed by atoms with Crippen molar-refractivity contribution in [3.8, 4) is 0 Å². The molecule has 0 aromatic heterocycles. The summed E-state index contributed by atoms with van der Waals surface area (Å²) in [6, 6.07) is 0. The monoisotopic (exact) mass is 129 g/mol. The Kier molecular flexibility index (Phi) is 19.4. The molecule has 0 aliphatic heterocycles. The van der Waals surface area contributed by atoms with Crippen molar-refractivity contribution in [1.29, 1.82) is 0 Å². The van der Waals surface area contributed by atoms with Gasteiger partial charge in [0.05, 0.1) is 0 Å². The summed E-state index contributed by atoms with van der Waals surface area (Å²) in [5.41, 5.74) is 0. The van der Waals surface area contributed by atoms with Crippen molar-refractivity contribution in [1.82, 2.24) is 5.32 Å². The quantitative estimate of drug-likeness (QED) is 0.604. The van der Waals surface area contributed by atoms with Gasteiger partial charge in [-0.3, -0.25) is 0 Å². The summed E-state index contributed by atoms with van der Waals surface area (Å²) in [5, 5.41) is 2.92. The predicted molar refractivity (Wildman–Crippen MR) is 46.2 cm³/mol. The lowest BCUT2D eigenvalue weighted by atomic mass is 10.6. The molecule has 0 rings (SSSR count). The van der Waals surface area contributed by atoms with Gasteiger partial charge in [0.1, 0.15) is 0 Å². The first-order valence-corrected chi connectivity index (χ1v) is 3.40. The summed E-state index contributed by atoms with van der Waals surface area (Å²) in [6.07, 6.45) is 7.64. The molecule has 0 bridgehead atoms. The Labute approximate surface area is 60.0 Å². The molecule has 0 heterocycles. The molecule has 9 heavy (non-hydrogen) atoms. The maximum absolute atomic E-state index is 2.92. The highest BCUT2D eigenvalue weighted by Gasteiger charge is 1.55. The number of rotatable bonds is 2. The minimum absolute atomic E-state index is 0. The first-order valence-electron chi connectivity index (χ1n) is 3.40. The molecule has 0 spiro atoms. The van der Waals surface area contributed by atoms with E-state index in [0.717, 1.165) is 0 Å². The Morgan fingerprint density at radius 2 is 1.33 bits per heavy atom. The van der Waals surface area contributed by atoms with Gasteiger partial charge in [-0.05, 0) is 26.2 Å². The summed E-state index contributed by atoms with van der Waals surface area (Å²) in [6.45, 7) is 7.94. The van der Waals surface area contributed by atoms with Gasteiger partial charge in [0, 0.05) is 1.43 Å². The molecule has 0 unspecified atom stereocenters. The molecule has 0 aliphatic rings. The van der Waals surface area contributed by atoms with Crippen LogP contribution in [0.1, 0.15) is 29.1 Å². The Hall–Kier alpha value is -0.720. The molecule has 56 valence electrons. The molecule has 0 saturated heterocycles. The number of hydrogen-bond acceptors (Lipinski definition) is 1. The molecule has 0 fully saturated rings. The highest BCUT2D eigenvalue weighted by Crippen LogP contribution is 1.64. The number of hydrogen-bond donors (Lipinski definition) is 1. The fourth-order valence-corrected chi connectivity index (χ4v) is 0.248. The highest BCUT2D eigenvalue weighted by atomic mass is 14.8. The van der Waals surface area contributed by atoms with Crippen LogP contribution >= 0.6 is 0 Å². The normalized spacial score (nSPS) is 9.33. The van der Waals surface area contributed by atoms with Crippen LogP contribution in [0.4, 0.5) is 0 Å². The second kappa shape index (κ2) is 15.7. The van der Waals surface area contributed by atoms with Crippen LogP contribution in [-0.4, -0.2) is 0 Å². The Balaban J connectivity index is -0.000000149. The summed E-state index contributed by atoms with van der Waals surface area (Å²) in [7, 11) is 0. The number of allylic oxidation sites excluding steroid dienone is 2. The van der Waals surface area contributed by atoms with E-state index in [9.17, 15) is 0 Å². The Morgan fingerprint density at radius 3 is 1.56 bits per heavy atom. The number of nitrogens with one attached hydrogen (secondary N) is 1. The molecule has 1 heteroatoms. The third-order valence-electron chi connectivity index (χ3n) is 0.526. The third kappa shape index (κ3) is 18.9. The molecule has 0 aromatic carbocycles. The minimum Gasteiger partial charge on any atom is -0.368 e. The van der Waals surface area contributed by atoms with E-state index in [-0.39, 0.29) is 1.43 Å². The maximum Gasteiger partial charge on any atom is 0 e. The molecule has 0 radical (unpaired) electrons. The zero-order valence-corrected chi connectivity index (χ0v) is 6.81. The molecule has 0 amide bonds. The van der Waals surface area contributed by atoms with Gasteiger partial charge in [0.2, 0.25) is 0 Å². The van der Waals surface area contributed by atoms with E-state index in [1.54, 1.807) is 0 Å². The van der Waals surface area contributed by atoms with Gasteiger partial charge >= 0.3 is 0 Å². The van der Waals surface area contributed by atoms with Gasteiger partial charge in [0.25, 0.3) is 0 Å². The van der Waals surface area contributed by atoms with E-state index < -0.39 is 0 Å². The van der Waals surface area contributed by atoms with Crippen LogP contribution in [0.3, 0.4) is 0 Å². The van der Waals surface area contributed by atoms with Crippen LogP contribution in [-0.2, 0) is 0 Å². The highest BCUT2D eigenvalue weighted by molar-refractivity contribution is 4.83. The largest absolute Gasteiger partial charge is 0.368 e. The third-order valence-corrected chi connectivity index (χ3v) is 0.526. The van der Waals surface area contributed by atoms with Crippen molar-refractivity contribution in [2.24, 2.45) is 0 Å². The van der Waals surface area contributed by atoms with Crippen molar-refractivity contribution >= 4 is 0 Å². The average Bonchev–Trinajstić information content (AvgIpc) is 1.94. The molecule has 0 saturated carbocycles. The predicted octanol–water partition coefficient (Wildman–Crippen LogP) is 2.92. The van der Waals surface area contributed by atoms with Crippen LogP contribution in [0.2, 0.25) is 0 Å². The zero-order valence-electron chi connectivity index (χ0n) is 6.81. The van der Waals surface area contributed by atoms with Gasteiger partial charge < -0.3 is 5.32 Å². The summed E-state index contributed by atoms with van der Waals surface area (Å²) >= 11 is 0. The van der Waals surface area contributed by atoms with Gasteiger partial charge in [-0.25, -0.2) is 0 Å². The van der Waals surface area contributed by atoms with Crippen molar-refractivity contribution in [2.45, 2.75) is 27.7 Å². The van der Waals surface area contributed by atoms with Crippen molar-refractivity contribution < 1.29 is 1.43 Å². The second-order valence-electron chi connectivity index (χ2n) is 1.17. The lowest BCUT2D eigenvalue weighted by Crippen LogP contribution is -1.88. The SMILES string of the molecule is C/C=C\N/C=C\C.CC.[HH]. The summed E-state index contributed by atoms with van der Waals surface area (Å²) in [4.78, 5) is 0. The van der Waals surface area contributed by atoms with Crippen LogP contribution in [0, 0.1) is 0 Å². The van der Waals surface area contributed by atoms with Crippen molar-refractivity contribution in [2.75, 3.05) is 0 Å². The Bertz CT molecular complexity index is 67.3. The van der Waals surface area contributed by atoms with E-state index in [4.69, 9.17) is 0 Å². The van der Waals surface area contributed by atoms with Crippen LogP contribution in [0.15, 0.2) is 24.6 Å². The van der Waals surface area contributed by atoms with Gasteiger partial charge in [-0.1, -0.05) is 26.0 Å². The molecule has 1 nitrogen and oxygen atoms in total. The van der Waals surface area contributed by atoms with Gasteiger partial charge in [-0.15, -0.1) is 0 Å². The fourth-order valence-electron chi connectivity index (χ4n) is 0.248. The van der Waals surface area contributed by atoms with E-state index in [1.807, 2.05) is 52.2 Å². The molecular formula is C8H19N. The van der Waals surface area contributed by atoms with E-state index in [2.05, 4.69) is 5.32 Å². The van der Waals surface area contributed by atoms with Crippen LogP contribution < -0.4 is 5.32 Å². The fraction of sp³-hybridized carbons (Fsp3) is 0.500. The van der Waals surface area contributed by atoms with Crippen LogP contribution in [0.25, 0.3) is 0 Å². The first kappa shape index (κ1) is 11.1. The minimum atomic E-state index is 0. The van der Waals surface area contributed by atoms with E-state index in [1.165, 1.54) is 0 Å². The molecule has 0 aliphatic carbocycles. The van der Waals surface area contributed by atoms with E-state index in [0.29, 0.717) is 0 Å². The van der Waals surface area contributed by atoms with Crippen molar-refractivity contribution in [3.63, 3.8) is 0 Å². The molecule has 0 atom stereocenters. The van der Waals surface area contributed by atoms with Gasteiger partial charge in [-0.2, -0.15) is 0 Å². The van der Waals surface area contributed by atoms with Crippen molar-refractivity contribution in [3.05, 3.63) is 24.6 Å². The summed E-state index contributed by atoms with van der Waals surface area (Å²) in [5.74, 6) is 0. The summed E-state index contributed by atoms with van der Waals surface area (Å²) < 4.78 is 0. The first-order chi connectivity index (χ1) is 4.41. The zero-order chi connectivity index (χ0) is 7.54. The average molecular weight is 129 g/mol. The topological polar surface area (TPSA) is 12.0 Å². The molecular weight excluding hydrogens is 110 g/mol. The lowest BCUT2D eigenvalue weighted by molar-refractivity contribution is 1.18. The van der Waals surface area contributed by atoms with E-state index >= 15 is 0 Å². The van der Waals surface area contributed by atoms with Gasteiger partial charge in [0.15, 0.2) is 0 Å². The second-order valence-corrected chi connectivity index (χ2v) is 1.17. The lowest BCUT2D eigenvalue weighted by Gasteiger charge is -1.81. The molecule has 1 N–H and O–H groups in total. The standard InChI is InChI=1S/C6H11N.C2H6.H2/c1-3-5-7-6-4-2;1-2;/h3-7H,1-2H3;1-2H3;1H/b5-3-,6-4-;;. The van der Waals surface area contributed by atoms with Crippen LogP contribution in [0.5, 0.6) is 0 Å². The molecule has 0 aromatic rings. The Morgan fingerprint density at radius 1 is 1.00 bits per heavy atom. The maximum atomic E-state index is 2.92.